The number of benzene rings is 1. The Kier molecular flexibility index (Phi) is 8.33. The van der Waals surface area contributed by atoms with E-state index >= 15 is 0 Å². The van der Waals surface area contributed by atoms with Crippen molar-refractivity contribution in [1.82, 2.24) is 20.1 Å². The number of nitrogens with zero attached hydrogens (tertiary/aromatic N) is 5. The van der Waals surface area contributed by atoms with Crippen LogP contribution in [0.5, 0.6) is 5.75 Å². The van der Waals surface area contributed by atoms with Gasteiger partial charge in [0.25, 0.3) is 0 Å². The Morgan fingerprint density at radius 2 is 1.97 bits per heavy atom. The van der Waals surface area contributed by atoms with E-state index in [0.29, 0.717) is 0 Å². The fraction of sp³-hybridized carbons (Fsp3) is 0.545. The number of aromatic nitrogens is 1. The van der Waals surface area contributed by atoms with Crippen molar-refractivity contribution < 1.29 is 4.74 Å². The lowest BCUT2D eigenvalue weighted by Gasteiger charge is -2.36. The number of aryl methyl sites for hydroxylation is 1. The molecular formula is C22H34N6OS. The first-order valence-electron chi connectivity index (χ1n) is 10.5. The van der Waals surface area contributed by atoms with Gasteiger partial charge >= 0.3 is 0 Å². The first kappa shape index (κ1) is 22.4. The summed E-state index contributed by atoms with van der Waals surface area (Å²) in [6.45, 7) is 9.18. The van der Waals surface area contributed by atoms with Crippen LogP contribution in [-0.4, -0.2) is 81.2 Å². The summed E-state index contributed by atoms with van der Waals surface area (Å²) in [4.78, 5) is 16.1. The monoisotopic (exact) mass is 430 g/mol. The molecule has 0 atom stereocenters. The molecule has 0 aliphatic carbocycles. The molecule has 30 heavy (non-hydrogen) atoms. The number of hydrogen-bond acceptors (Lipinski definition) is 6. The second kappa shape index (κ2) is 11.2. The Hall–Kier alpha value is -2.32. The van der Waals surface area contributed by atoms with Crippen LogP contribution in [0.3, 0.4) is 0 Å². The number of guanidine groups is 1. The normalized spacial score (nSPS) is 15.3. The maximum atomic E-state index is 5.25. The van der Waals surface area contributed by atoms with Gasteiger partial charge in [-0.3, -0.25) is 9.89 Å². The average Bonchev–Trinajstić information content (AvgIpc) is 3.18. The van der Waals surface area contributed by atoms with E-state index in [1.165, 1.54) is 5.69 Å². The molecule has 1 aromatic carbocycles. The first-order valence-corrected chi connectivity index (χ1v) is 11.4. The lowest BCUT2D eigenvalue weighted by atomic mass is 10.2. The summed E-state index contributed by atoms with van der Waals surface area (Å²) in [7, 11) is 5.60. The smallest absolute Gasteiger partial charge is 0.193 e. The highest BCUT2D eigenvalue weighted by atomic mass is 32.1. The second-order valence-corrected chi connectivity index (χ2v) is 8.63. The van der Waals surface area contributed by atoms with Crippen molar-refractivity contribution in [2.45, 2.75) is 19.9 Å². The van der Waals surface area contributed by atoms with E-state index in [9.17, 15) is 0 Å². The maximum Gasteiger partial charge on any atom is 0.193 e. The lowest BCUT2D eigenvalue weighted by molar-refractivity contribution is 0.255. The number of thiazole rings is 1. The zero-order chi connectivity index (χ0) is 21.3. The Morgan fingerprint density at radius 1 is 1.23 bits per heavy atom. The molecule has 0 bridgehead atoms. The molecule has 2 aromatic rings. The number of methoxy groups -OCH3 is 1. The van der Waals surface area contributed by atoms with Crippen LogP contribution in [0.25, 0.3) is 0 Å². The third kappa shape index (κ3) is 6.34. The SMILES string of the molecule is CN=C(NCCCN1CCN(c2ccc(OC)cc2)CC1)N(C)Cc1csc(C)n1. The topological polar surface area (TPSA) is 56.2 Å². The number of hydrogen-bond donors (Lipinski definition) is 1. The van der Waals surface area contributed by atoms with Crippen molar-refractivity contribution in [3.05, 3.63) is 40.3 Å². The van der Waals surface area contributed by atoms with E-state index in [4.69, 9.17) is 4.74 Å². The van der Waals surface area contributed by atoms with E-state index in [2.05, 4.69) is 54.6 Å². The van der Waals surface area contributed by atoms with Crippen molar-refractivity contribution >= 4 is 23.0 Å². The molecule has 3 rings (SSSR count). The molecule has 8 heteroatoms. The Bertz CT molecular complexity index is 798. The molecule has 1 fully saturated rings. The summed E-state index contributed by atoms with van der Waals surface area (Å²) in [5.74, 6) is 1.83. The van der Waals surface area contributed by atoms with Crippen LogP contribution in [-0.2, 0) is 6.54 Å². The molecule has 0 amide bonds. The van der Waals surface area contributed by atoms with Crippen LogP contribution in [0.2, 0.25) is 0 Å². The van der Waals surface area contributed by atoms with E-state index < -0.39 is 0 Å². The fourth-order valence-electron chi connectivity index (χ4n) is 3.71. The number of rotatable bonds is 8. The minimum absolute atomic E-state index is 0.775. The molecule has 2 heterocycles. The van der Waals surface area contributed by atoms with Gasteiger partial charge in [0.1, 0.15) is 5.75 Å². The van der Waals surface area contributed by atoms with Crippen molar-refractivity contribution in [1.29, 1.82) is 0 Å². The van der Waals surface area contributed by atoms with Gasteiger partial charge in [0.2, 0.25) is 0 Å². The highest BCUT2D eigenvalue weighted by Crippen LogP contribution is 2.20. The van der Waals surface area contributed by atoms with Crippen LogP contribution in [0.15, 0.2) is 34.6 Å². The molecule has 0 spiro atoms. The van der Waals surface area contributed by atoms with Gasteiger partial charge in [-0.15, -0.1) is 11.3 Å². The van der Waals surface area contributed by atoms with Gasteiger partial charge in [0.05, 0.1) is 24.4 Å². The number of aliphatic imine (C=N–C) groups is 1. The quantitative estimate of drug-likeness (QED) is 0.395. The second-order valence-electron chi connectivity index (χ2n) is 7.57. The lowest BCUT2D eigenvalue weighted by Crippen LogP contribution is -2.47. The largest absolute Gasteiger partial charge is 0.497 e. The zero-order valence-electron chi connectivity index (χ0n) is 18.6. The van der Waals surface area contributed by atoms with Crippen molar-refractivity contribution in [2.24, 2.45) is 4.99 Å². The Balaban J connectivity index is 1.34. The van der Waals surface area contributed by atoms with E-state index in [-0.39, 0.29) is 0 Å². The van der Waals surface area contributed by atoms with Gasteiger partial charge < -0.3 is 19.9 Å². The number of ether oxygens (including phenoxy) is 1. The van der Waals surface area contributed by atoms with Crippen molar-refractivity contribution in [2.75, 3.05) is 65.4 Å². The molecule has 1 saturated heterocycles. The van der Waals surface area contributed by atoms with Crippen LogP contribution >= 0.6 is 11.3 Å². The Morgan fingerprint density at radius 3 is 2.57 bits per heavy atom. The third-order valence-electron chi connectivity index (χ3n) is 5.38. The summed E-state index contributed by atoms with van der Waals surface area (Å²) >= 11 is 1.69. The van der Waals surface area contributed by atoms with Gasteiger partial charge in [-0.1, -0.05) is 0 Å². The summed E-state index contributed by atoms with van der Waals surface area (Å²) < 4.78 is 5.25. The van der Waals surface area contributed by atoms with Gasteiger partial charge in [0.15, 0.2) is 5.96 Å². The van der Waals surface area contributed by atoms with E-state index in [0.717, 1.165) is 74.6 Å². The number of anilines is 1. The van der Waals surface area contributed by atoms with Crippen LogP contribution in [0.1, 0.15) is 17.1 Å². The van der Waals surface area contributed by atoms with Crippen LogP contribution in [0.4, 0.5) is 5.69 Å². The van der Waals surface area contributed by atoms with Crippen LogP contribution in [0, 0.1) is 6.92 Å². The van der Waals surface area contributed by atoms with Gasteiger partial charge in [-0.2, -0.15) is 0 Å². The number of piperazine rings is 1. The van der Waals surface area contributed by atoms with Gasteiger partial charge in [-0.05, 0) is 44.2 Å². The van der Waals surface area contributed by atoms with Gasteiger partial charge in [0, 0.05) is 57.9 Å². The molecule has 0 unspecified atom stereocenters. The third-order valence-corrected chi connectivity index (χ3v) is 6.21. The Labute approximate surface area is 184 Å². The minimum atomic E-state index is 0.775. The molecule has 1 aliphatic heterocycles. The predicted octanol–water partition coefficient (Wildman–Crippen LogP) is 2.68. The molecule has 7 nitrogen and oxygen atoms in total. The molecular weight excluding hydrogens is 396 g/mol. The molecule has 1 aliphatic rings. The summed E-state index contributed by atoms with van der Waals surface area (Å²) in [6, 6.07) is 8.36. The maximum absolute atomic E-state index is 5.25. The predicted molar refractivity (Wildman–Crippen MR) is 126 cm³/mol. The summed E-state index contributed by atoms with van der Waals surface area (Å²) in [6.07, 6.45) is 1.10. The molecule has 0 saturated carbocycles. The number of nitrogens with one attached hydrogen (secondary N) is 1. The van der Waals surface area contributed by atoms with Gasteiger partial charge in [-0.25, -0.2) is 4.98 Å². The molecule has 0 radical (unpaired) electrons. The standard InChI is InChI=1S/C22H34N6OS/c1-18-25-19(17-30-18)16-26(3)22(23-2)24-10-5-11-27-12-14-28(15-13-27)20-6-8-21(29-4)9-7-20/h6-9,17H,5,10-16H2,1-4H3,(H,23,24). The summed E-state index contributed by atoms with van der Waals surface area (Å²) in [5, 5.41) is 6.70. The van der Waals surface area contributed by atoms with Crippen molar-refractivity contribution in [3.8, 4) is 5.75 Å². The molecule has 1 N–H and O–H groups in total. The van der Waals surface area contributed by atoms with Crippen molar-refractivity contribution in [3.63, 3.8) is 0 Å². The molecule has 1 aromatic heterocycles. The highest BCUT2D eigenvalue weighted by molar-refractivity contribution is 7.09. The van der Waals surface area contributed by atoms with E-state index in [1.807, 2.05) is 26.1 Å². The highest BCUT2D eigenvalue weighted by Gasteiger charge is 2.17. The zero-order valence-corrected chi connectivity index (χ0v) is 19.4. The van der Waals surface area contributed by atoms with E-state index in [1.54, 1.807) is 18.4 Å². The van der Waals surface area contributed by atoms with Crippen LogP contribution < -0.4 is 15.0 Å². The first-order chi connectivity index (χ1) is 14.6. The molecule has 164 valence electrons. The summed E-state index contributed by atoms with van der Waals surface area (Å²) in [5.41, 5.74) is 2.37. The fourth-order valence-corrected chi connectivity index (χ4v) is 4.31. The average molecular weight is 431 g/mol. The minimum Gasteiger partial charge on any atom is -0.497 e.